The highest BCUT2D eigenvalue weighted by Gasteiger charge is 2.39. The van der Waals surface area contributed by atoms with Crippen LogP contribution in [0.2, 0.25) is 0 Å². The van der Waals surface area contributed by atoms with Gasteiger partial charge < -0.3 is 15.0 Å². The molecule has 0 aliphatic heterocycles. The molecule has 3 aromatic rings. The fourth-order valence-electron chi connectivity index (χ4n) is 4.10. The molecule has 1 aromatic heterocycles. The van der Waals surface area contributed by atoms with E-state index < -0.39 is 0 Å². The van der Waals surface area contributed by atoms with Crippen molar-refractivity contribution in [3.8, 4) is 5.75 Å². The Morgan fingerprint density at radius 2 is 2.00 bits per heavy atom. The summed E-state index contributed by atoms with van der Waals surface area (Å²) in [6.45, 7) is 5.81. The lowest BCUT2D eigenvalue weighted by Crippen LogP contribution is -2.30. The number of carbonyl (C=O) groups excluding carboxylic acids is 1. The van der Waals surface area contributed by atoms with Gasteiger partial charge in [0.25, 0.3) is 0 Å². The van der Waals surface area contributed by atoms with Gasteiger partial charge in [-0.05, 0) is 48.7 Å². The van der Waals surface area contributed by atoms with Crippen molar-refractivity contribution in [3.63, 3.8) is 0 Å². The molecule has 0 fully saturated rings. The second-order valence-electron chi connectivity index (χ2n) is 7.79. The zero-order valence-corrected chi connectivity index (χ0v) is 17.6. The van der Waals surface area contributed by atoms with Crippen molar-refractivity contribution in [1.29, 1.82) is 0 Å². The number of carbonyl (C=O) groups is 1. The Balaban J connectivity index is 1.82. The first kappa shape index (κ1) is 19.1. The third-order valence-corrected chi connectivity index (χ3v) is 6.14. The summed E-state index contributed by atoms with van der Waals surface area (Å²) >= 11 is 1.76. The highest BCUT2D eigenvalue weighted by Crippen LogP contribution is 2.44. The first-order chi connectivity index (χ1) is 13.5. The molecule has 0 saturated heterocycles. The fourth-order valence-corrected chi connectivity index (χ4v) is 4.35. The molecule has 4 nitrogen and oxygen atoms in total. The maximum Gasteiger partial charge on any atom is 0.195 e. The minimum atomic E-state index is -0.306. The fraction of sp³-hybridized carbons (Fsp3) is 0.348. The van der Waals surface area contributed by atoms with Crippen LogP contribution in [0, 0.1) is 0 Å². The monoisotopic (exact) mass is 394 g/mol. The molecule has 0 amide bonds. The highest BCUT2D eigenvalue weighted by atomic mass is 32.2. The molecule has 1 aliphatic rings. The average Bonchev–Trinajstić information content (AvgIpc) is 3.07. The van der Waals surface area contributed by atoms with E-state index >= 15 is 0 Å². The van der Waals surface area contributed by atoms with Crippen LogP contribution in [-0.2, 0) is 12.0 Å². The Morgan fingerprint density at radius 1 is 1.18 bits per heavy atom. The Morgan fingerprint density at radius 3 is 2.75 bits per heavy atom. The molecule has 28 heavy (non-hydrogen) atoms. The summed E-state index contributed by atoms with van der Waals surface area (Å²) in [5.41, 5.74) is 5.50. The number of aromatic nitrogens is 1. The normalized spacial score (nSPS) is 14.8. The lowest BCUT2D eigenvalue weighted by Gasteiger charge is -2.32. The zero-order valence-electron chi connectivity index (χ0n) is 16.8. The molecule has 146 valence electrons. The number of rotatable bonds is 6. The molecule has 1 aliphatic carbocycles. The Bertz CT molecular complexity index is 1050. The van der Waals surface area contributed by atoms with Crippen molar-refractivity contribution in [2.24, 2.45) is 0 Å². The van der Waals surface area contributed by atoms with Crippen molar-refractivity contribution >= 4 is 28.4 Å². The molecular formula is C23H26N2O2S. The van der Waals surface area contributed by atoms with Gasteiger partial charge in [-0.3, -0.25) is 4.79 Å². The van der Waals surface area contributed by atoms with E-state index in [2.05, 4.69) is 48.6 Å². The highest BCUT2D eigenvalue weighted by molar-refractivity contribution is 7.98. The summed E-state index contributed by atoms with van der Waals surface area (Å²) in [6.07, 6.45) is 2.07. The number of hydrogen-bond donors (Lipinski definition) is 2. The van der Waals surface area contributed by atoms with E-state index in [1.165, 1.54) is 5.56 Å². The van der Waals surface area contributed by atoms with Crippen LogP contribution >= 0.6 is 11.8 Å². The summed E-state index contributed by atoms with van der Waals surface area (Å²) in [7, 11) is 1.94. The molecule has 1 heterocycles. The largest absolute Gasteiger partial charge is 0.493 e. The lowest BCUT2D eigenvalue weighted by atomic mass is 9.71. The van der Waals surface area contributed by atoms with Gasteiger partial charge in [0.05, 0.1) is 12.2 Å². The quantitative estimate of drug-likeness (QED) is 0.605. The number of hydrogen-bond acceptors (Lipinski definition) is 4. The summed E-state index contributed by atoms with van der Waals surface area (Å²) < 4.78 is 5.88. The predicted molar refractivity (Wildman–Crippen MR) is 117 cm³/mol. The topological polar surface area (TPSA) is 54.1 Å². The van der Waals surface area contributed by atoms with E-state index in [0.717, 1.165) is 51.3 Å². The molecule has 0 bridgehead atoms. The van der Waals surface area contributed by atoms with Crippen LogP contribution in [0.5, 0.6) is 5.75 Å². The summed E-state index contributed by atoms with van der Waals surface area (Å²) in [5, 5.41) is 4.18. The van der Waals surface area contributed by atoms with Crippen LogP contribution in [-0.4, -0.2) is 36.4 Å². The van der Waals surface area contributed by atoms with E-state index in [1.54, 1.807) is 11.8 Å². The van der Waals surface area contributed by atoms with Gasteiger partial charge in [0.2, 0.25) is 0 Å². The Kier molecular flexibility index (Phi) is 4.98. The Hall–Kier alpha value is -2.24. The van der Waals surface area contributed by atoms with Gasteiger partial charge in [0, 0.05) is 39.9 Å². The van der Waals surface area contributed by atoms with Crippen molar-refractivity contribution in [2.45, 2.75) is 25.8 Å². The molecule has 0 saturated carbocycles. The van der Waals surface area contributed by atoms with Crippen molar-refractivity contribution < 1.29 is 9.53 Å². The van der Waals surface area contributed by atoms with Crippen molar-refractivity contribution in [3.05, 3.63) is 64.3 Å². The van der Waals surface area contributed by atoms with Gasteiger partial charge in [-0.2, -0.15) is 11.8 Å². The van der Waals surface area contributed by atoms with Gasteiger partial charge in [-0.15, -0.1) is 0 Å². The van der Waals surface area contributed by atoms with Crippen LogP contribution in [0.3, 0.4) is 0 Å². The Labute approximate surface area is 170 Å². The minimum absolute atomic E-state index is 0.0904. The number of thioether (sulfide) groups is 1. The van der Waals surface area contributed by atoms with Gasteiger partial charge in [-0.1, -0.05) is 26.0 Å². The number of H-pyrrole nitrogens is 1. The summed E-state index contributed by atoms with van der Waals surface area (Å²) in [5.74, 6) is 1.86. The molecule has 5 heteroatoms. The van der Waals surface area contributed by atoms with E-state index in [1.807, 2.05) is 25.2 Å². The van der Waals surface area contributed by atoms with Crippen LogP contribution in [0.4, 0.5) is 0 Å². The van der Waals surface area contributed by atoms with Crippen LogP contribution in [0.1, 0.15) is 46.6 Å². The third kappa shape index (κ3) is 3.03. The number of ether oxygens (including phenoxy) is 1. The van der Waals surface area contributed by atoms with Gasteiger partial charge >= 0.3 is 0 Å². The summed E-state index contributed by atoms with van der Waals surface area (Å²) in [4.78, 5) is 16.9. The molecule has 2 aromatic carbocycles. The van der Waals surface area contributed by atoms with Gasteiger partial charge in [0.1, 0.15) is 5.75 Å². The average molecular weight is 395 g/mol. The van der Waals surface area contributed by atoms with E-state index in [-0.39, 0.29) is 11.2 Å². The predicted octanol–water partition coefficient (Wildman–Crippen LogP) is 4.50. The molecular weight excluding hydrogens is 368 g/mol. The number of aromatic amines is 1. The standard InChI is InChI=1S/C23H26N2O2S/c1-23(2)18-12-15(27-9-10-28-4)6-8-16(18)21(26)20-17-7-5-14(13-24-3)11-19(17)25-22(20)23/h5-8,11-12,24-25H,9-10,13H2,1-4H3. The van der Waals surface area contributed by atoms with Crippen molar-refractivity contribution in [2.75, 3.05) is 25.7 Å². The first-order valence-corrected chi connectivity index (χ1v) is 11.0. The first-order valence-electron chi connectivity index (χ1n) is 9.58. The van der Waals surface area contributed by atoms with Crippen LogP contribution < -0.4 is 10.1 Å². The molecule has 2 N–H and O–H groups in total. The number of nitrogens with one attached hydrogen (secondary N) is 2. The van der Waals surface area contributed by atoms with Crippen LogP contribution in [0.25, 0.3) is 10.9 Å². The maximum absolute atomic E-state index is 13.4. The smallest absolute Gasteiger partial charge is 0.195 e. The number of ketones is 1. The second kappa shape index (κ2) is 7.30. The molecule has 4 rings (SSSR count). The van der Waals surface area contributed by atoms with E-state index in [0.29, 0.717) is 6.61 Å². The lowest BCUT2D eigenvalue weighted by molar-refractivity contribution is 0.103. The van der Waals surface area contributed by atoms with Crippen molar-refractivity contribution in [1.82, 2.24) is 10.3 Å². The number of fused-ring (bicyclic) bond motifs is 4. The SMILES string of the molecule is CNCc1ccc2c3c([nH]c2c1)C(C)(C)c1cc(OCCSC)ccc1C3=O. The third-order valence-electron chi connectivity index (χ3n) is 5.56. The number of benzene rings is 2. The van der Waals surface area contributed by atoms with E-state index in [9.17, 15) is 4.79 Å². The molecule has 0 radical (unpaired) electrons. The van der Waals surface area contributed by atoms with Crippen LogP contribution in [0.15, 0.2) is 36.4 Å². The van der Waals surface area contributed by atoms with E-state index in [4.69, 9.17) is 4.74 Å². The summed E-state index contributed by atoms with van der Waals surface area (Å²) in [6, 6.07) is 12.2. The van der Waals surface area contributed by atoms with Gasteiger partial charge in [-0.25, -0.2) is 0 Å². The molecule has 0 atom stereocenters. The minimum Gasteiger partial charge on any atom is -0.493 e. The second-order valence-corrected chi connectivity index (χ2v) is 8.77. The maximum atomic E-state index is 13.4. The molecule has 0 unspecified atom stereocenters. The van der Waals surface area contributed by atoms with Gasteiger partial charge in [0.15, 0.2) is 5.78 Å². The molecule has 0 spiro atoms. The zero-order chi connectivity index (χ0) is 19.9.